The molecule has 0 heterocycles. The van der Waals surface area contributed by atoms with Crippen molar-refractivity contribution in [3.8, 4) is 11.5 Å². The van der Waals surface area contributed by atoms with Gasteiger partial charge < -0.3 is 4.74 Å². The zero-order valence-electron chi connectivity index (χ0n) is 10.3. The van der Waals surface area contributed by atoms with Crippen molar-refractivity contribution < 1.29 is 4.74 Å². The minimum atomic E-state index is 0.642. The third-order valence-corrected chi connectivity index (χ3v) is 3.09. The maximum absolute atomic E-state index is 6.13. The van der Waals surface area contributed by atoms with E-state index in [1.165, 1.54) is 11.1 Å². The van der Waals surface area contributed by atoms with Crippen LogP contribution in [0.2, 0.25) is 5.02 Å². The molecule has 0 spiro atoms. The molecular formula is C15H15ClO. The van der Waals surface area contributed by atoms with Crippen molar-refractivity contribution >= 4 is 11.6 Å². The Labute approximate surface area is 107 Å². The summed E-state index contributed by atoms with van der Waals surface area (Å²) in [4.78, 5) is 0. The molecule has 0 bridgehead atoms. The molecule has 0 N–H and O–H groups in total. The summed E-state index contributed by atoms with van der Waals surface area (Å²) in [6.45, 7) is 6.16. The smallest absolute Gasteiger partial charge is 0.146 e. The Morgan fingerprint density at radius 3 is 2.29 bits per heavy atom. The molecule has 88 valence electrons. The number of benzene rings is 2. The summed E-state index contributed by atoms with van der Waals surface area (Å²) in [6.07, 6.45) is 0. The SMILES string of the molecule is Cc1ccc(Oc2ccc(C)c(C)c2)c(Cl)c1. The van der Waals surface area contributed by atoms with Gasteiger partial charge in [0, 0.05) is 0 Å². The second-order valence-corrected chi connectivity index (χ2v) is 4.69. The van der Waals surface area contributed by atoms with Crippen LogP contribution >= 0.6 is 11.6 Å². The summed E-state index contributed by atoms with van der Waals surface area (Å²) in [7, 11) is 0. The van der Waals surface area contributed by atoms with Gasteiger partial charge in [0.1, 0.15) is 11.5 Å². The molecule has 0 aromatic heterocycles. The molecular weight excluding hydrogens is 232 g/mol. The first-order valence-electron chi connectivity index (χ1n) is 5.57. The van der Waals surface area contributed by atoms with Crippen LogP contribution in [-0.4, -0.2) is 0 Å². The monoisotopic (exact) mass is 246 g/mol. The highest BCUT2D eigenvalue weighted by Gasteiger charge is 2.04. The molecule has 2 rings (SSSR count). The molecule has 0 aliphatic rings. The van der Waals surface area contributed by atoms with Crippen LogP contribution in [0.25, 0.3) is 0 Å². The molecule has 0 saturated carbocycles. The van der Waals surface area contributed by atoms with E-state index in [1.54, 1.807) is 0 Å². The Morgan fingerprint density at radius 1 is 0.882 bits per heavy atom. The molecule has 0 saturated heterocycles. The Kier molecular flexibility index (Phi) is 3.39. The number of ether oxygens (including phenoxy) is 1. The van der Waals surface area contributed by atoms with Crippen LogP contribution in [0, 0.1) is 20.8 Å². The molecule has 0 aliphatic heterocycles. The van der Waals surface area contributed by atoms with Gasteiger partial charge in [0.05, 0.1) is 5.02 Å². The predicted octanol–water partition coefficient (Wildman–Crippen LogP) is 5.06. The topological polar surface area (TPSA) is 9.23 Å². The Bertz CT molecular complexity index is 547. The Balaban J connectivity index is 2.28. The van der Waals surface area contributed by atoms with Crippen molar-refractivity contribution in [1.82, 2.24) is 0 Å². The minimum Gasteiger partial charge on any atom is -0.456 e. The van der Waals surface area contributed by atoms with Crippen molar-refractivity contribution in [1.29, 1.82) is 0 Å². The molecule has 2 heteroatoms. The lowest BCUT2D eigenvalue weighted by molar-refractivity contribution is 0.482. The first-order chi connectivity index (χ1) is 8.06. The van der Waals surface area contributed by atoms with Gasteiger partial charge in [0.2, 0.25) is 0 Å². The van der Waals surface area contributed by atoms with Gasteiger partial charge in [-0.1, -0.05) is 23.7 Å². The summed E-state index contributed by atoms with van der Waals surface area (Å²) in [5.41, 5.74) is 3.60. The van der Waals surface area contributed by atoms with E-state index in [-0.39, 0.29) is 0 Å². The number of halogens is 1. The fourth-order valence-electron chi connectivity index (χ4n) is 1.59. The lowest BCUT2D eigenvalue weighted by atomic mass is 10.1. The van der Waals surface area contributed by atoms with Crippen LogP contribution in [0.15, 0.2) is 36.4 Å². The lowest BCUT2D eigenvalue weighted by Crippen LogP contribution is -1.88. The summed E-state index contributed by atoms with van der Waals surface area (Å²) >= 11 is 6.13. The van der Waals surface area contributed by atoms with Gasteiger partial charge in [-0.05, 0) is 61.7 Å². The molecule has 0 radical (unpaired) electrons. The van der Waals surface area contributed by atoms with Crippen LogP contribution in [0.3, 0.4) is 0 Å². The summed E-state index contributed by atoms with van der Waals surface area (Å²) in [5, 5.41) is 0.642. The number of hydrogen-bond donors (Lipinski definition) is 0. The van der Waals surface area contributed by atoms with Crippen molar-refractivity contribution in [2.45, 2.75) is 20.8 Å². The molecule has 0 fully saturated rings. The first kappa shape index (κ1) is 12.0. The molecule has 2 aromatic carbocycles. The lowest BCUT2D eigenvalue weighted by Gasteiger charge is -2.09. The summed E-state index contributed by atoms with van der Waals surface area (Å²) < 4.78 is 5.77. The normalized spacial score (nSPS) is 10.4. The van der Waals surface area contributed by atoms with E-state index in [1.807, 2.05) is 43.3 Å². The van der Waals surface area contributed by atoms with Gasteiger partial charge in [-0.25, -0.2) is 0 Å². The van der Waals surface area contributed by atoms with Crippen molar-refractivity contribution in [3.63, 3.8) is 0 Å². The highest BCUT2D eigenvalue weighted by atomic mass is 35.5. The van der Waals surface area contributed by atoms with Crippen molar-refractivity contribution in [2.75, 3.05) is 0 Å². The molecule has 0 amide bonds. The second kappa shape index (κ2) is 4.80. The average molecular weight is 247 g/mol. The second-order valence-electron chi connectivity index (χ2n) is 4.28. The minimum absolute atomic E-state index is 0.642. The number of hydrogen-bond acceptors (Lipinski definition) is 1. The third-order valence-electron chi connectivity index (χ3n) is 2.79. The first-order valence-corrected chi connectivity index (χ1v) is 5.95. The fraction of sp³-hybridized carbons (Fsp3) is 0.200. The highest BCUT2D eigenvalue weighted by Crippen LogP contribution is 2.30. The van der Waals surface area contributed by atoms with Gasteiger partial charge >= 0.3 is 0 Å². The number of rotatable bonds is 2. The van der Waals surface area contributed by atoms with Gasteiger partial charge in [-0.3, -0.25) is 0 Å². The Morgan fingerprint density at radius 2 is 1.65 bits per heavy atom. The van der Waals surface area contributed by atoms with Gasteiger partial charge in [-0.15, -0.1) is 0 Å². The number of aryl methyl sites for hydroxylation is 3. The fourth-order valence-corrected chi connectivity index (χ4v) is 1.87. The highest BCUT2D eigenvalue weighted by molar-refractivity contribution is 6.32. The van der Waals surface area contributed by atoms with Gasteiger partial charge in [0.15, 0.2) is 0 Å². The van der Waals surface area contributed by atoms with Gasteiger partial charge in [-0.2, -0.15) is 0 Å². The summed E-state index contributed by atoms with van der Waals surface area (Å²) in [6, 6.07) is 11.8. The quantitative estimate of drug-likeness (QED) is 0.720. The van der Waals surface area contributed by atoms with E-state index in [0.29, 0.717) is 10.8 Å². The van der Waals surface area contributed by atoms with E-state index in [4.69, 9.17) is 16.3 Å². The molecule has 17 heavy (non-hydrogen) atoms. The van der Waals surface area contributed by atoms with Crippen LogP contribution < -0.4 is 4.74 Å². The van der Waals surface area contributed by atoms with Crippen LogP contribution in [-0.2, 0) is 0 Å². The third kappa shape index (κ3) is 2.80. The van der Waals surface area contributed by atoms with E-state index in [2.05, 4.69) is 13.8 Å². The standard InChI is InChI=1S/C15H15ClO/c1-10-4-7-15(14(16)8-10)17-13-6-5-11(2)12(3)9-13/h4-9H,1-3H3. The zero-order chi connectivity index (χ0) is 12.4. The van der Waals surface area contributed by atoms with E-state index in [9.17, 15) is 0 Å². The maximum atomic E-state index is 6.13. The van der Waals surface area contributed by atoms with Crippen molar-refractivity contribution in [3.05, 3.63) is 58.1 Å². The van der Waals surface area contributed by atoms with Crippen LogP contribution in [0.4, 0.5) is 0 Å². The molecule has 2 aromatic rings. The van der Waals surface area contributed by atoms with Crippen LogP contribution in [0.1, 0.15) is 16.7 Å². The van der Waals surface area contributed by atoms with E-state index >= 15 is 0 Å². The van der Waals surface area contributed by atoms with Gasteiger partial charge in [0.25, 0.3) is 0 Å². The van der Waals surface area contributed by atoms with E-state index in [0.717, 1.165) is 11.3 Å². The van der Waals surface area contributed by atoms with Crippen molar-refractivity contribution in [2.24, 2.45) is 0 Å². The zero-order valence-corrected chi connectivity index (χ0v) is 11.0. The van der Waals surface area contributed by atoms with Crippen LogP contribution in [0.5, 0.6) is 11.5 Å². The molecule has 0 atom stereocenters. The molecule has 1 nitrogen and oxygen atoms in total. The molecule has 0 unspecified atom stereocenters. The predicted molar refractivity (Wildman–Crippen MR) is 72.2 cm³/mol. The Hall–Kier alpha value is -1.47. The largest absolute Gasteiger partial charge is 0.456 e. The summed E-state index contributed by atoms with van der Waals surface area (Å²) in [5.74, 6) is 1.51. The average Bonchev–Trinajstić information content (AvgIpc) is 2.27. The van der Waals surface area contributed by atoms with E-state index < -0.39 is 0 Å². The molecule has 0 aliphatic carbocycles. The maximum Gasteiger partial charge on any atom is 0.146 e.